The summed E-state index contributed by atoms with van der Waals surface area (Å²) in [6.07, 6.45) is 2.44. The quantitative estimate of drug-likeness (QED) is 0.133. The number of halogens is 2. The molecule has 0 aliphatic carbocycles. The Morgan fingerprint density at radius 3 is 2.57 bits per heavy atom. The van der Waals surface area contributed by atoms with Crippen molar-refractivity contribution < 1.29 is 34.1 Å². The van der Waals surface area contributed by atoms with Gasteiger partial charge in [-0.2, -0.15) is 4.73 Å². The van der Waals surface area contributed by atoms with E-state index in [0.29, 0.717) is 30.7 Å². The number of carboxylic acids is 1. The van der Waals surface area contributed by atoms with E-state index in [1.165, 1.54) is 22.6 Å². The molecule has 12 nitrogen and oxygen atoms in total. The third-order valence-electron chi connectivity index (χ3n) is 7.53. The van der Waals surface area contributed by atoms with Gasteiger partial charge < -0.3 is 31.4 Å². The summed E-state index contributed by atoms with van der Waals surface area (Å²) >= 11 is 11.8. The zero-order valence-corrected chi connectivity index (χ0v) is 24.4. The van der Waals surface area contributed by atoms with Gasteiger partial charge in [0.2, 0.25) is 17.5 Å². The summed E-state index contributed by atoms with van der Waals surface area (Å²) in [5.74, 6) is -1.82. The Hall–Kier alpha value is -3.45. The van der Waals surface area contributed by atoms with Crippen LogP contribution in [0.15, 0.2) is 42.5 Å². The average molecular weight is 625 g/mol. The second-order valence-electron chi connectivity index (χ2n) is 10.2. The largest absolute Gasteiger partial charge is 0.617 e. The van der Waals surface area contributed by atoms with Crippen LogP contribution in [0.3, 0.4) is 0 Å². The fraction of sp³-hybridized carbons (Fsp3) is 0.464. The Balaban J connectivity index is 0.00000155. The Bertz CT molecular complexity index is 1250. The minimum atomic E-state index is -1.07. The van der Waals surface area contributed by atoms with Gasteiger partial charge in [0.25, 0.3) is 6.47 Å². The van der Waals surface area contributed by atoms with Gasteiger partial charge in [-0.1, -0.05) is 41.9 Å². The van der Waals surface area contributed by atoms with E-state index in [2.05, 4.69) is 22.3 Å². The van der Waals surface area contributed by atoms with Crippen LogP contribution in [0, 0.1) is 5.21 Å². The normalized spacial score (nSPS) is 21.0. The van der Waals surface area contributed by atoms with Crippen LogP contribution in [-0.4, -0.2) is 81.5 Å². The lowest BCUT2D eigenvalue weighted by Gasteiger charge is -2.32. The van der Waals surface area contributed by atoms with Gasteiger partial charge in [0, 0.05) is 37.7 Å². The van der Waals surface area contributed by atoms with Crippen LogP contribution in [0.4, 0.5) is 0 Å². The zero-order chi connectivity index (χ0) is 30.8. The van der Waals surface area contributed by atoms with Crippen LogP contribution in [0.2, 0.25) is 10.2 Å². The maximum absolute atomic E-state index is 13.8. The summed E-state index contributed by atoms with van der Waals surface area (Å²) in [5, 5.41) is 31.1. The molecular formula is C28H35Cl2N5O7. The number of fused-ring (bicyclic) bond motifs is 1. The van der Waals surface area contributed by atoms with E-state index in [-0.39, 0.29) is 59.7 Å². The van der Waals surface area contributed by atoms with Gasteiger partial charge in [-0.05, 0) is 55.3 Å². The van der Waals surface area contributed by atoms with Crippen LogP contribution in [0.25, 0.3) is 0 Å². The molecule has 14 heteroatoms. The van der Waals surface area contributed by atoms with E-state index in [4.69, 9.17) is 38.8 Å². The summed E-state index contributed by atoms with van der Waals surface area (Å²) in [6, 6.07) is 11.5. The van der Waals surface area contributed by atoms with Crippen molar-refractivity contribution in [3.05, 3.63) is 69.1 Å². The van der Waals surface area contributed by atoms with Crippen LogP contribution >= 0.6 is 23.2 Å². The summed E-state index contributed by atoms with van der Waals surface area (Å²) in [4.78, 5) is 50.7. The molecule has 228 valence electrons. The molecule has 3 heterocycles. The number of amides is 2. The first kappa shape index (κ1) is 33.1. The maximum atomic E-state index is 13.8. The molecule has 2 aromatic rings. The molecule has 0 saturated carbocycles. The molecule has 0 spiro atoms. The second-order valence-corrected chi connectivity index (χ2v) is 11.0. The molecule has 2 saturated heterocycles. The van der Waals surface area contributed by atoms with Gasteiger partial charge in [0.05, 0.1) is 6.04 Å². The molecule has 0 radical (unpaired) electrons. The molecule has 2 fully saturated rings. The summed E-state index contributed by atoms with van der Waals surface area (Å²) in [6.45, 7) is 0.494. The lowest BCUT2D eigenvalue weighted by Crippen LogP contribution is -2.53. The predicted molar refractivity (Wildman–Crippen MR) is 155 cm³/mol. The van der Waals surface area contributed by atoms with Crippen LogP contribution in [0.5, 0.6) is 0 Å². The second kappa shape index (κ2) is 15.7. The van der Waals surface area contributed by atoms with Crippen LogP contribution in [0.1, 0.15) is 43.4 Å². The summed E-state index contributed by atoms with van der Waals surface area (Å²) in [5.41, 5.74) is 7.65. The first-order valence-corrected chi connectivity index (χ1v) is 14.3. The first-order chi connectivity index (χ1) is 20.1. The van der Waals surface area contributed by atoms with Gasteiger partial charge in [-0.15, -0.1) is 0 Å². The van der Waals surface area contributed by atoms with Crippen molar-refractivity contribution in [1.29, 1.82) is 0 Å². The highest BCUT2D eigenvalue weighted by Crippen LogP contribution is 2.30. The highest BCUT2D eigenvalue weighted by molar-refractivity contribution is 6.40. The zero-order valence-electron chi connectivity index (χ0n) is 22.9. The number of pyridine rings is 1. The molecule has 42 heavy (non-hydrogen) atoms. The minimum Gasteiger partial charge on any atom is -0.617 e. The number of rotatable bonds is 10. The molecule has 2 aliphatic rings. The molecule has 1 aromatic heterocycles. The Labute approximate surface area is 253 Å². The van der Waals surface area contributed by atoms with Gasteiger partial charge in [-0.25, -0.2) is 0 Å². The Kier molecular flexibility index (Phi) is 12.3. The first-order valence-electron chi connectivity index (χ1n) is 13.6. The number of hydrogen-bond donors (Lipinski definition) is 4. The molecule has 4 rings (SSSR count). The third kappa shape index (κ3) is 8.54. The van der Waals surface area contributed by atoms with E-state index >= 15 is 0 Å². The molecule has 1 unspecified atom stereocenters. The molecular weight excluding hydrogens is 589 g/mol. The van der Waals surface area contributed by atoms with Crippen molar-refractivity contribution in [3.8, 4) is 0 Å². The minimum absolute atomic E-state index is 0.0564. The average Bonchev–Trinajstić information content (AvgIpc) is 3.31. The lowest BCUT2D eigenvalue weighted by molar-refractivity contribution is -0.611. The van der Waals surface area contributed by atoms with Crippen molar-refractivity contribution in [2.45, 2.75) is 69.2 Å². The van der Waals surface area contributed by atoms with E-state index in [0.717, 1.165) is 12.8 Å². The standard InChI is InChI=1S/C27H33Cl2N5O5.CH2O2/c28-21-9-8-20(34(39)25(21)29)15-31-26(37)22(10-11-24(35)36)32-13-12-19(7-6-17-4-2-1-3-5-17)33-16-18(30)14-23(33)27(32)38;2-1-3/h1-5,8-9,18-19,22-23H,6-7,10-16,30H2,(H,31,37)(H,35,36);1H,(H,2,3)/t18-,19?,22-,23+;/m1./s1. The fourth-order valence-corrected chi connectivity index (χ4v) is 5.85. The van der Waals surface area contributed by atoms with E-state index in [9.17, 15) is 24.7 Å². The molecule has 1 aromatic carbocycles. The topological polar surface area (TPSA) is 180 Å². The van der Waals surface area contributed by atoms with Gasteiger partial charge >= 0.3 is 11.1 Å². The highest BCUT2D eigenvalue weighted by Gasteiger charge is 2.45. The van der Waals surface area contributed by atoms with Gasteiger partial charge in [0.15, 0.2) is 0 Å². The number of aromatic nitrogens is 1. The number of aryl methyl sites for hydroxylation is 1. The number of carboxylic acid groups (broad SMARTS) is 2. The van der Waals surface area contributed by atoms with Gasteiger partial charge in [-0.3, -0.25) is 24.1 Å². The summed E-state index contributed by atoms with van der Waals surface area (Å²) in [7, 11) is 0. The van der Waals surface area contributed by atoms with Crippen molar-refractivity contribution in [3.63, 3.8) is 0 Å². The van der Waals surface area contributed by atoms with Crippen molar-refractivity contribution in [1.82, 2.24) is 15.1 Å². The SMILES string of the molecule is N[C@@H]1C[C@H]2C(=O)N([C@H](CCC(=O)O)C(=O)NCc3ccc(Cl)c(Cl)[n+]3[O-])CCC(CCc3ccccc3)N2C1.O=CO. The van der Waals surface area contributed by atoms with Crippen LogP contribution in [-0.2, 0) is 32.1 Å². The summed E-state index contributed by atoms with van der Waals surface area (Å²) < 4.78 is 0.419. The number of benzene rings is 1. The number of carbonyl (C=O) groups excluding carboxylic acids is 2. The number of aliphatic carboxylic acids is 1. The van der Waals surface area contributed by atoms with Crippen molar-refractivity contribution in [2.75, 3.05) is 13.1 Å². The number of hydrogen-bond acceptors (Lipinski definition) is 7. The monoisotopic (exact) mass is 623 g/mol. The molecule has 2 amide bonds. The number of carbonyl (C=O) groups is 4. The van der Waals surface area contributed by atoms with E-state index in [1.807, 2.05) is 18.2 Å². The number of nitrogens with two attached hydrogens (primary N) is 1. The number of nitrogens with one attached hydrogen (secondary N) is 1. The highest BCUT2D eigenvalue weighted by atomic mass is 35.5. The Morgan fingerprint density at radius 1 is 1.21 bits per heavy atom. The van der Waals surface area contributed by atoms with Crippen molar-refractivity contribution in [2.24, 2.45) is 5.73 Å². The van der Waals surface area contributed by atoms with E-state index < -0.39 is 24.0 Å². The van der Waals surface area contributed by atoms with Crippen LogP contribution < -0.4 is 15.8 Å². The Morgan fingerprint density at radius 2 is 1.90 bits per heavy atom. The van der Waals surface area contributed by atoms with Gasteiger partial charge in [0.1, 0.15) is 17.6 Å². The smallest absolute Gasteiger partial charge is 0.305 e. The number of nitrogens with zero attached hydrogens (tertiary/aromatic N) is 3. The fourth-order valence-electron chi connectivity index (χ4n) is 5.54. The van der Waals surface area contributed by atoms with Crippen molar-refractivity contribution >= 4 is 47.5 Å². The van der Waals surface area contributed by atoms with E-state index in [1.54, 1.807) is 0 Å². The third-order valence-corrected chi connectivity index (χ3v) is 8.29. The molecule has 0 bridgehead atoms. The molecule has 4 atom stereocenters. The molecule has 2 aliphatic heterocycles. The maximum Gasteiger partial charge on any atom is 0.305 e. The predicted octanol–water partition coefficient (Wildman–Crippen LogP) is 1.81. The lowest BCUT2D eigenvalue weighted by atomic mass is 10.0. The molecule has 5 N–H and O–H groups in total.